The normalized spacial score (nSPS) is 16.4. The standard InChI is InChI=1S/C13H17N3O3/c1-10-3-4-12(16(18)19)11(9-10)13(17)15-7-5-14(2)6-8-15/h3-4,9H,5-8H2,1-2H3. The molecule has 1 aliphatic rings. The highest BCUT2D eigenvalue weighted by molar-refractivity contribution is 5.98. The van der Waals surface area contributed by atoms with Gasteiger partial charge in [0.1, 0.15) is 5.56 Å². The summed E-state index contributed by atoms with van der Waals surface area (Å²) in [5, 5.41) is 11.0. The second-order valence-electron chi connectivity index (χ2n) is 4.87. The van der Waals surface area contributed by atoms with E-state index in [0.29, 0.717) is 13.1 Å². The molecule has 0 radical (unpaired) electrons. The zero-order valence-electron chi connectivity index (χ0n) is 11.1. The monoisotopic (exact) mass is 263 g/mol. The molecule has 1 saturated heterocycles. The van der Waals surface area contributed by atoms with Crippen molar-refractivity contribution in [3.63, 3.8) is 0 Å². The van der Waals surface area contributed by atoms with Crippen LogP contribution in [0, 0.1) is 17.0 Å². The third-order valence-electron chi connectivity index (χ3n) is 3.37. The third-order valence-corrected chi connectivity index (χ3v) is 3.37. The number of aryl methyl sites for hydroxylation is 1. The van der Waals surface area contributed by atoms with Crippen LogP contribution in [0.15, 0.2) is 18.2 Å². The van der Waals surface area contributed by atoms with Crippen molar-refractivity contribution in [3.05, 3.63) is 39.4 Å². The summed E-state index contributed by atoms with van der Waals surface area (Å²) in [6.07, 6.45) is 0. The Kier molecular flexibility index (Phi) is 3.80. The fourth-order valence-corrected chi connectivity index (χ4v) is 2.16. The second-order valence-corrected chi connectivity index (χ2v) is 4.87. The molecule has 0 aliphatic carbocycles. The highest BCUT2D eigenvalue weighted by atomic mass is 16.6. The van der Waals surface area contributed by atoms with Crippen molar-refractivity contribution in [1.82, 2.24) is 9.80 Å². The number of nitrogens with zero attached hydrogens (tertiary/aromatic N) is 3. The average molecular weight is 263 g/mol. The van der Waals surface area contributed by atoms with Gasteiger partial charge in [0.05, 0.1) is 4.92 Å². The Labute approximate surface area is 111 Å². The van der Waals surface area contributed by atoms with Crippen LogP contribution < -0.4 is 0 Å². The van der Waals surface area contributed by atoms with Crippen molar-refractivity contribution in [1.29, 1.82) is 0 Å². The first kappa shape index (κ1) is 13.5. The molecule has 0 atom stereocenters. The van der Waals surface area contributed by atoms with E-state index in [1.807, 2.05) is 14.0 Å². The number of carbonyl (C=O) groups is 1. The number of likely N-dealkylation sites (N-methyl/N-ethyl adjacent to an activating group) is 1. The zero-order valence-corrected chi connectivity index (χ0v) is 11.1. The van der Waals surface area contributed by atoms with Gasteiger partial charge in [-0.3, -0.25) is 14.9 Å². The first-order valence-corrected chi connectivity index (χ1v) is 6.22. The van der Waals surface area contributed by atoms with Crippen LogP contribution in [0.5, 0.6) is 0 Å². The van der Waals surface area contributed by atoms with Crippen LogP contribution in [0.3, 0.4) is 0 Å². The lowest BCUT2D eigenvalue weighted by atomic mass is 10.1. The molecule has 0 bridgehead atoms. The molecule has 19 heavy (non-hydrogen) atoms. The highest BCUT2D eigenvalue weighted by Crippen LogP contribution is 2.22. The molecular weight excluding hydrogens is 246 g/mol. The van der Waals surface area contributed by atoms with E-state index >= 15 is 0 Å². The minimum atomic E-state index is -0.497. The third kappa shape index (κ3) is 2.90. The maximum Gasteiger partial charge on any atom is 0.282 e. The van der Waals surface area contributed by atoms with E-state index in [-0.39, 0.29) is 17.2 Å². The van der Waals surface area contributed by atoms with Crippen molar-refractivity contribution in [2.24, 2.45) is 0 Å². The molecule has 0 N–H and O–H groups in total. The lowest BCUT2D eigenvalue weighted by Crippen LogP contribution is -2.47. The van der Waals surface area contributed by atoms with Gasteiger partial charge in [0.15, 0.2) is 0 Å². The number of piperazine rings is 1. The second kappa shape index (κ2) is 5.36. The van der Waals surface area contributed by atoms with Gasteiger partial charge in [-0.2, -0.15) is 0 Å². The predicted molar refractivity (Wildman–Crippen MR) is 71.2 cm³/mol. The van der Waals surface area contributed by atoms with Crippen LogP contribution >= 0.6 is 0 Å². The number of nitro benzene ring substituents is 1. The Morgan fingerprint density at radius 2 is 1.89 bits per heavy atom. The van der Waals surface area contributed by atoms with Gasteiger partial charge >= 0.3 is 0 Å². The van der Waals surface area contributed by atoms with Gasteiger partial charge in [0.25, 0.3) is 11.6 Å². The van der Waals surface area contributed by atoms with Gasteiger partial charge in [-0.05, 0) is 25.6 Å². The SMILES string of the molecule is Cc1ccc([N+](=O)[O-])c(C(=O)N2CCN(C)CC2)c1. The summed E-state index contributed by atoms with van der Waals surface area (Å²) in [5.74, 6) is -0.247. The Balaban J connectivity index is 2.27. The molecule has 1 aliphatic heterocycles. The molecule has 2 rings (SSSR count). The number of hydrogen-bond donors (Lipinski definition) is 0. The van der Waals surface area contributed by atoms with Crippen molar-refractivity contribution in [2.75, 3.05) is 33.2 Å². The maximum absolute atomic E-state index is 12.4. The zero-order chi connectivity index (χ0) is 14.0. The number of benzene rings is 1. The Morgan fingerprint density at radius 3 is 2.47 bits per heavy atom. The lowest BCUT2D eigenvalue weighted by Gasteiger charge is -2.32. The van der Waals surface area contributed by atoms with Gasteiger partial charge in [-0.1, -0.05) is 6.07 Å². The molecule has 1 amide bonds. The molecule has 1 aromatic rings. The fraction of sp³-hybridized carbons (Fsp3) is 0.462. The van der Waals surface area contributed by atoms with E-state index in [9.17, 15) is 14.9 Å². The summed E-state index contributed by atoms with van der Waals surface area (Å²) >= 11 is 0. The molecule has 102 valence electrons. The highest BCUT2D eigenvalue weighted by Gasteiger charge is 2.26. The van der Waals surface area contributed by atoms with Gasteiger partial charge in [0, 0.05) is 32.2 Å². The van der Waals surface area contributed by atoms with Gasteiger partial charge in [-0.15, -0.1) is 0 Å². The van der Waals surface area contributed by atoms with Crippen molar-refractivity contribution in [2.45, 2.75) is 6.92 Å². The van der Waals surface area contributed by atoms with Gasteiger partial charge in [0.2, 0.25) is 0 Å². The van der Waals surface area contributed by atoms with Crippen molar-refractivity contribution < 1.29 is 9.72 Å². The number of hydrogen-bond acceptors (Lipinski definition) is 4. The fourth-order valence-electron chi connectivity index (χ4n) is 2.16. The van der Waals surface area contributed by atoms with E-state index in [2.05, 4.69) is 4.90 Å². The lowest BCUT2D eigenvalue weighted by molar-refractivity contribution is -0.385. The van der Waals surface area contributed by atoms with E-state index in [1.54, 1.807) is 17.0 Å². The van der Waals surface area contributed by atoms with Crippen molar-refractivity contribution in [3.8, 4) is 0 Å². The summed E-state index contributed by atoms with van der Waals surface area (Å²) in [4.78, 5) is 26.7. The maximum atomic E-state index is 12.4. The van der Waals surface area contributed by atoms with E-state index < -0.39 is 4.92 Å². The first-order valence-electron chi connectivity index (χ1n) is 6.22. The topological polar surface area (TPSA) is 66.7 Å². The molecular formula is C13H17N3O3. The minimum absolute atomic E-state index is 0.116. The van der Waals surface area contributed by atoms with Crippen LogP contribution in [0.2, 0.25) is 0 Å². The molecule has 6 heteroatoms. The van der Waals surface area contributed by atoms with E-state index in [4.69, 9.17) is 0 Å². The summed E-state index contributed by atoms with van der Waals surface area (Å²) in [6.45, 7) is 4.64. The van der Waals surface area contributed by atoms with Gasteiger partial charge < -0.3 is 9.80 Å². The van der Waals surface area contributed by atoms with Crippen LogP contribution in [0.4, 0.5) is 5.69 Å². The minimum Gasteiger partial charge on any atom is -0.336 e. The van der Waals surface area contributed by atoms with Crippen LogP contribution in [-0.2, 0) is 0 Å². The molecule has 0 saturated carbocycles. The largest absolute Gasteiger partial charge is 0.336 e. The number of nitro groups is 1. The van der Waals surface area contributed by atoms with E-state index in [1.165, 1.54) is 6.07 Å². The smallest absolute Gasteiger partial charge is 0.282 e. The number of amides is 1. The molecule has 1 heterocycles. The van der Waals surface area contributed by atoms with Crippen LogP contribution in [-0.4, -0.2) is 53.9 Å². The molecule has 0 spiro atoms. The predicted octanol–water partition coefficient (Wildman–Crippen LogP) is 1.29. The Hall–Kier alpha value is -1.95. The molecule has 1 fully saturated rings. The van der Waals surface area contributed by atoms with E-state index in [0.717, 1.165) is 18.7 Å². The molecule has 1 aromatic carbocycles. The first-order chi connectivity index (χ1) is 8.99. The molecule has 0 aromatic heterocycles. The Bertz CT molecular complexity index is 508. The molecule has 6 nitrogen and oxygen atoms in total. The summed E-state index contributed by atoms with van der Waals surface area (Å²) < 4.78 is 0. The molecule has 0 unspecified atom stereocenters. The Morgan fingerprint density at radius 1 is 1.26 bits per heavy atom. The van der Waals surface area contributed by atoms with Crippen LogP contribution in [0.25, 0.3) is 0 Å². The summed E-state index contributed by atoms with van der Waals surface area (Å²) in [5.41, 5.74) is 0.923. The number of rotatable bonds is 2. The van der Waals surface area contributed by atoms with Gasteiger partial charge in [-0.25, -0.2) is 0 Å². The quantitative estimate of drug-likeness (QED) is 0.595. The van der Waals surface area contributed by atoms with Crippen molar-refractivity contribution >= 4 is 11.6 Å². The number of carbonyl (C=O) groups excluding carboxylic acids is 1. The average Bonchev–Trinajstić information content (AvgIpc) is 2.38. The summed E-state index contributed by atoms with van der Waals surface area (Å²) in [7, 11) is 2.00. The summed E-state index contributed by atoms with van der Waals surface area (Å²) in [6, 6.07) is 4.65. The van der Waals surface area contributed by atoms with Crippen LogP contribution in [0.1, 0.15) is 15.9 Å².